The van der Waals surface area contributed by atoms with Crippen molar-refractivity contribution in [3.8, 4) is 5.69 Å². The Bertz CT molecular complexity index is 605. The summed E-state index contributed by atoms with van der Waals surface area (Å²) in [6, 6.07) is 6.43. The second kappa shape index (κ2) is 4.46. The first-order valence-electron chi connectivity index (χ1n) is 5.31. The van der Waals surface area contributed by atoms with Crippen molar-refractivity contribution in [2.24, 2.45) is 5.84 Å². The normalized spacial score (nSPS) is 10.4. The predicted octanol–water partition coefficient (Wildman–Crippen LogP) is 1.68. The lowest BCUT2D eigenvalue weighted by atomic mass is 10.2. The van der Waals surface area contributed by atoms with E-state index in [9.17, 15) is 10.1 Å². The van der Waals surface area contributed by atoms with Crippen molar-refractivity contribution in [3.63, 3.8) is 0 Å². The van der Waals surface area contributed by atoms with Gasteiger partial charge in [-0.2, -0.15) is 5.10 Å². The maximum atomic E-state index is 10.9. The molecule has 7 nitrogen and oxygen atoms in total. The van der Waals surface area contributed by atoms with Crippen LogP contribution in [0.5, 0.6) is 0 Å². The standard InChI is InChI=1S/C11H13N5O2/c1-7-3-8(2)15(14-7)10-4-9(13-12)5-11(6-10)16(17)18/h3-6,13H,12H2,1-2H3. The lowest BCUT2D eigenvalue weighted by Crippen LogP contribution is -2.08. The third-order valence-corrected chi connectivity index (χ3v) is 2.53. The summed E-state index contributed by atoms with van der Waals surface area (Å²) in [6.45, 7) is 3.75. The van der Waals surface area contributed by atoms with Crippen LogP contribution in [-0.4, -0.2) is 14.7 Å². The van der Waals surface area contributed by atoms with Crippen LogP contribution in [0.2, 0.25) is 0 Å². The SMILES string of the molecule is Cc1cc(C)n(-c2cc(NN)cc([N+](=O)[O-])c2)n1. The highest BCUT2D eigenvalue weighted by Gasteiger charge is 2.12. The highest BCUT2D eigenvalue weighted by atomic mass is 16.6. The van der Waals surface area contributed by atoms with Crippen LogP contribution in [0.15, 0.2) is 24.3 Å². The van der Waals surface area contributed by atoms with Gasteiger partial charge in [-0.1, -0.05) is 0 Å². The lowest BCUT2D eigenvalue weighted by Gasteiger charge is -2.07. The number of anilines is 1. The van der Waals surface area contributed by atoms with E-state index >= 15 is 0 Å². The number of nitro groups is 1. The Balaban J connectivity index is 2.60. The summed E-state index contributed by atoms with van der Waals surface area (Å²) in [5, 5.41) is 15.1. The third kappa shape index (κ3) is 2.16. The van der Waals surface area contributed by atoms with Gasteiger partial charge in [0.2, 0.25) is 0 Å². The molecule has 0 aliphatic rings. The number of hydrogen-bond donors (Lipinski definition) is 2. The molecule has 0 unspecified atom stereocenters. The topological polar surface area (TPSA) is 99.0 Å². The van der Waals surface area contributed by atoms with E-state index in [-0.39, 0.29) is 5.69 Å². The van der Waals surface area contributed by atoms with Gasteiger partial charge in [-0.15, -0.1) is 0 Å². The number of nitrogens with zero attached hydrogens (tertiary/aromatic N) is 3. The number of benzene rings is 1. The van der Waals surface area contributed by atoms with E-state index in [0.29, 0.717) is 11.4 Å². The van der Waals surface area contributed by atoms with Crippen LogP contribution < -0.4 is 11.3 Å². The van der Waals surface area contributed by atoms with Crippen LogP contribution in [0.25, 0.3) is 5.69 Å². The number of hydrogen-bond acceptors (Lipinski definition) is 5. The number of hydrazine groups is 1. The average Bonchev–Trinajstić information content (AvgIpc) is 2.67. The van der Waals surface area contributed by atoms with Crippen molar-refractivity contribution in [1.29, 1.82) is 0 Å². The first-order valence-corrected chi connectivity index (χ1v) is 5.31. The molecule has 18 heavy (non-hydrogen) atoms. The summed E-state index contributed by atoms with van der Waals surface area (Å²) in [4.78, 5) is 10.4. The summed E-state index contributed by atoms with van der Waals surface area (Å²) >= 11 is 0. The van der Waals surface area contributed by atoms with E-state index in [1.807, 2.05) is 19.9 Å². The largest absolute Gasteiger partial charge is 0.324 e. The molecule has 0 fully saturated rings. The van der Waals surface area contributed by atoms with Gasteiger partial charge in [0.25, 0.3) is 5.69 Å². The van der Waals surface area contributed by atoms with Gasteiger partial charge in [0, 0.05) is 17.8 Å². The van der Waals surface area contributed by atoms with Gasteiger partial charge in [-0.25, -0.2) is 4.68 Å². The Morgan fingerprint density at radius 3 is 2.56 bits per heavy atom. The first kappa shape index (κ1) is 12.1. The van der Waals surface area contributed by atoms with Crippen molar-refractivity contribution < 1.29 is 4.92 Å². The minimum Gasteiger partial charge on any atom is -0.324 e. The van der Waals surface area contributed by atoms with E-state index in [1.54, 1.807) is 10.7 Å². The molecule has 0 saturated carbocycles. The number of nitrogens with two attached hydrogens (primary N) is 1. The summed E-state index contributed by atoms with van der Waals surface area (Å²) in [5.74, 6) is 5.31. The van der Waals surface area contributed by atoms with Gasteiger partial charge in [0.15, 0.2) is 0 Å². The van der Waals surface area contributed by atoms with Gasteiger partial charge < -0.3 is 5.43 Å². The minimum absolute atomic E-state index is 0.0343. The average molecular weight is 247 g/mol. The number of rotatable bonds is 3. The van der Waals surface area contributed by atoms with E-state index in [1.165, 1.54) is 12.1 Å². The van der Waals surface area contributed by atoms with Crippen LogP contribution in [0.4, 0.5) is 11.4 Å². The molecule has 2 rings (SSSR count). The van der Waals surface area contributed by atoms with Crippen molar-refractivity contribution >= 4 is 11.4 Å². The molecule has 1 aromatic carbocycles. The number of nitrogens with one attached hydrogen (secondary N) is 1. The highest BCUT2D eigenvalue weighted by molar-refractivity contribution is 5.58. The van der Waals surface area contributed by atoms with Crippen molar-refractivity contribution in [2.75, 3.05) is 5.43 Å². The molecule has 0 aliphatic heterocycles. The Morgan fingerprint density at radius 1 is 1.33 bits per heavy atom. The maximum Gasteiger partial charge on any atom is 0.273 e. The summed E-state index contributed by atoms with van der Waals surface area (Å²) in [7, 11) is 0. The molecule has 0 bridgehead atoms. The molecule has 1 aromatic heterocycles. The molecule has 0 amide bonds. The fourth-order valence-corrected chi connectivity index (χ4v) is 1.80. The fraction of sp³-hybridized carbons (Fsp3) is 0.182. The van der Waals surface area contributed by atoms with Crippen molar-refractivity contribution in [2.45, 2.75) is 13.8 Å². The molecule has 7 heteroatoms. The van der Waals surface area contributed by atoms with Crippen LogP contribution in [0, 0.1) is 24.0 Å². The van der Waals surface area contributed by atoms with Gasteiger partial charge in [-0.05, 0) is 26.0 Å². The second-order valence-electron chi connectivity index (χ2n) is 3.98. The molecule has 94 valence electrons. The smallest absolute Gasteiger partial charge is 0.273 e. The number of nitrogen functional groups attached to an aromatic ring is 1. The first-order chi connectivity index (χ1) is 8.51. The zero-order valence-electron chi connectivity index (χ0n) is 10.0. The number of aryl methyl sites for hydroxylation is 2. The molecule has 3 N–H and O–H groups in total. The summed E-state index contributed by atoms with van der Waals surface area (Å²) in [5.41, 5.74) is 5.19. The molecular weight excluding hydrogens is 234 g/mol. The van der Waals surface area contributed by atoms with E-state index in [2.05, 4.69) is 10.5 Å². The lowest BCUT2D eigenvalue weighted by molar-refractivity contribution is -0.384. The van der Waals surface area contributed by atoms with Crippen LogP contribution in [-0.2, 0) is 0 Å². The third-order valence-electron chi connectivity index (χ3n) is 2.53. The zero-order valence-corrected chi connectivity index (χ0v) is 10.0. The second-order valence-corrected chi connectivity index (χ2v) is 3.98. The molecule has 2 aromatic rings. The van der Waals surface area contributed by atoms with E-state index < -0.39 is 4.92 Å². The van der Waals surface area contributed by atoms with Gasteiger partial charge in [0.1, 0.15) is 0 Å². The molecule has 1 heterocycles. The van der Waals surface area contributed by atoms with Gasteiger partial charge in [0.05, 0.1) is 22.0 Å². The van der Waals surface area contributed by atoms with E-state index in [0.717, 1.165) is 11.4 Å². The van der Waals surface area contributed by atoms with Crippen molar-refractivity contribution in [3.05, 3.63) is 45.8 Å². The fourth-order valence-electron chi connectivity index (χ4n) is 1.80. The molecule has 0 saturated heterocycles. The monoisotopic (exact) mass is 247 g/mol. The predicted molar refractivity (Wildman–Crippen MR) is 67.5 cm³/mol. The summed E-state index contributed by atoms with van der Waals surface area (Å²) < 4.78 is 1.64. The van der Waals surface area contributed by atoms with Crippen molar-refractivity contribution in [1.82, 2.24) is 9.78 Å². The Labute approximate surface area is 103 Å². The molecular formula is C11H13N5O2. The molecule has 0 radical (unpaired) electrons. The number of aromatic nitrogens is 2. The molecule has 0 spiro atoms. The van der Waals surface area contributed by atoms with Gasteiger partial charge in [-0.3, -0.25) is 16.0 Å². The highest BCUT2D eigenvalue weighted by Crippen LogP contribution is 2.23. The number of nitro benzene ring substituents is 1. The Morgan fingerprint density at radius 2 is 2.06 bits per heavy atom. The maximum absolute atomic E-state index is 10.9. The van der Waals surface area contributed by atoms with Crippen LogP contribution in [0.3, 0.4) is 0 Å². The van der Waals surface area contributed by atoms with Gasteiger partial charge >= 0.3 is 0 Å². The summed E-state index contributed by atoms with van der Waals surface area (Å²) in [6.07, 6.45) is 0. The Kier molecular flexibility index (Phi) is 2.99. The minimum atomic E-state index is -0.462. The quantitative estimate of drug-likeness (QED) is 0.488. The number of non-ortho nitro benzene ring substituents is 1. The van der Waals surface area contributed by atoms with Crippen LogP contribution >= 0.6 is 0 Å². The van der Waals surface area contributed by atoms with Crippen LogP contribution in [0.1, 0.15) is 11.4 Å². The molecule has 0 atom stereocenters. The Hall–Kier alpha value is -2.41. The zero-order chi connectivity index (χ0) is 13.3. The molecule has 0 aliphatic carbocycles. The van der Waals surface area contributed by atoms with E-state index in [4.69, 9.17) is 5.84 Å².